The first-order valence-electron chi connectivity index (χ1n) is 10.8. The van der Waals surface area contributed by atoms with E-state index in [1.165, 1.54) is 22.4 Å². The van der Waals surface area contributed by atoms with E-state index in [9.17, 15) is 0 Å². The van der Waals surface area contributed by atoms with Gasteiger partial charge >= 0.3 is 0 Å². The molecule has 0 spiro atoms. The Morgan fingerprint density at radius 3 is 2.39 bits per heavy atom. The van der Waals surface area contributed by atoms with Gasteiger partial charge in [0.05, 0.1) is 27.4 Å². The van der Waals surface area contributed by atoms with Crippen molar-refractivity contribution in [3.63, 3.8) is 0 Å². The third kappa shape index (κ3) is 4.02. The van der Waals surface area contributed by atoms with Crippen LogP contribution in [-0.2, 0) is 13.1 Å². The molecule has 0 fully saturated rings. The van der Waals surface area contributed by atoms with Gasteiger partial charge < -0.3 is 18.8 Å². The third-order valence-corrected chi connectivity index (χ3v) is 6.36. The maximum absolute atomic E-state index is 5.78. The summed E-state index contributed by atoms with van der Waals surface area (Å²) in [7, 11) is 4.99. The zero-order chi connectivity index (χ0) is 22.0. The Hall–Kier alpha value is -2.92. The minimum atomic E-state index is 0.176. The number of benzene rings is 2. The van der Waals surface area contributed by atoms with Crippen LogP contribution in [0.25, 0.3) is 0 Å². The molecule has 2 heterocycles. The lowest BCUT2D eigenvalue weighted by Crippen LogP contribution is -2.29. The van der Waals surface area contributed by atoms with Crippen LogP contribution in [0.2, 0.25) is 0 Å². The van der Waals surface area contributed by atoms with Crippen LogP contribution in [0.15, 0.2) is 48.7 Å². The predicted molar refractivity (Wildman–Crippen MR) is 123 cm³/mol. The summed E-state index contributed by atoms with van der Waals surface area (Å²) in [6.07, 6.45) is 3.29. The van der Waals surface area contributed by atoms with Crippen LogP contribution in [0.5, 0.6) is 17.2 Å². The summed E-state index contributed by atoms with van der Waals surface area (Å²) in [6.45, 7) is 7.14. The van der Waals surface area contributed by atoms with Crippen LogP contribution in [0.1, 0.15) is 40.4 Å². The second-order valence-corrected chi connectivity index (χ2v) is 8.19. The quantitative estimate of drug-likeness (QED) is 0.554. The summed E-state index contributed by atoms with van der Waals surface area (Å²) in [5, 5.41) is 0. The van der Waals surface area contributed by atoms with Gasteiger partial charge in [-0.25, -0.2) is 0 Å². The highest BCUT2D eigenvalue weighted by molar-refractivity contribution is 5.56. The normalized spacial score (nSPS) is 16.5. The predicted octanol–water partition coefficient (Wildman–Crippen LogP) is 5.13. The number of aryl methyl sites for hydroxylation is 3. The molecule has 0 bridgehead atoms. The van der Waals surface area contributed by atoms with Crippen LogP contribution in [0.3, 0.4) is 0 Å². The fourth-order valence-corrected chi connectivity index (χ4v) is 4.63. The van der Waals surface area contributed by atoms with E-state index in [2.05, 4.69) is 65.9 Å². The van der Waals surface area contributed by atoms with E-state index in [1.807, 2.05) is 6.07 Å². The van der Waals surface area contributed by atoms with Gasteiger partial charge in [0.2, 0.25) is 5.75 Å². The molecule has 0 N–H and O–H groups in total. The van der Waals surface area contributed by atoms with Crippen LogP contribution in [0, 0.1) is 13.8 Å². The molecule has 2 aromatic carbocycles. The minimum absolute atomic E-state index is 0.176. The molecule has 0 aliphatic carbocycles. The van der Waals surface area contributed by atoms with Gasteiger partial charge in [-0.1, -0.05) is 24.3 Å². The van der Waals surface area contributed by atoms with Crippen molar-refractivity contribution in [2.75, 3.05) is 27.9 Å². The summed E-state index contributed by atoms with van der Waals surface area (Å²) < 4.78 is 19.3. The average molecular weight is 421 g/mol. The second-order valence-electron chi connectivity index (χ2n) is 8.19. The molecule has 0 amide bonds. The first-order valence-corrected chi connectivity index (χ1v) is 10.8. The van der Waals surface area contributed by atoms with Crippen molar-refractivity contribution >= 4 is 0 Å². The Labute approximate surface area is 185 Å². The molecule has 1 aliphatic heterocycles. The van der Waals surface area contributed by atoms with E-state index < -0.39 is 0 Å². The smallest absolute Gasteiger partial charge is 0.203 e. The maximum atomic E-state index is 5.78. The monoisotopic (exact) mass is 420 g/mol. The maximum Gasteiger partial charge on any atom is 0.203 e. The molecule has 0 saturated carbocycles. The van der Waals surface area contributed by atoms with Crippen LogP contribution in [-0.4, -0.2) is 37.3 Å². The van der Waals surface area contributed by atoms with Gasteiger partial charge in [-0.05, 0) is 55.2 Å². The number of nitrogens with zero attached hydrogens (tertiary/aromatic N) is 2. The first kappa shape index (κ1) is 21.3. The number of aromatic nitrogens is 1. The standard InChI is InChI=1S/C26H32N2O3/c1-18-9-10-20(16-19(18)2)24-22-8-6-13-27(22)14-7-15-28(24)17-21-11-12-23(29-3)26(31-5)25(21)30-4/h6,8-13,16,24H,7,14-15,17H2,1-5H3/t24-/m1/s1. The van der Waals surface area contributed by atoms with Gasteiger partial charge in [0.1, 0.15) is 0 Å². The van der Waals surface area contributed by atoms with Crippen molar-refractivity contribution in [1.29, 1.82) is 0 Å². The zero-order valence-electron chi connectivity index (χ0n) is 19.1. The summed E-state index contributed by atoms with van der Waals surface area (Å²) in [6, 6.07) is 15.5. The molecule has 31 heavy (non-hydrogen) atoms. The minimum Gasteiger partial charge on any atom is -0.493 e. The number of methoxy groups -OCH3 is 3. The number of rotatable bonds is 6. The SMILES string of the molecule is COc1ccc(CN2CCCn3cccc3[C@H]2c2ccc(C)c(C)c2)c(OC)c1OC. The van der Waals surface area contributed by atoms with E-state index in [0.29, 0.717) is 11.5 Å². The first-order chi connectivity index (χ1) is 15.1. The van der Waals surface area contributed by atoms with E-state index >= 15 is 0 Å². The summed E-state index contributed by atoms with van der Waals surface area (Å²) in [5.41, 5.74) is 6.39. The lowest BCUT2D eigenvalue weighted by Gasteiger charge is -2.31. The Balaban J connectivity index is 1.78. The van der Waals surface area contributed by atoms with Crippen molar-refractivity contribution < 1.29 is 14.2 Å². The Bertz CT molecular complexity index is 1060. The van der Waals surface area contributed by atoms with Crippen LogP contribution >= 0.6 is 0 Å². The molecule has 0 saturated heterocycles. The molecule has 5 nitrogen and oxygen atoms in total. The summed E-state index contributed by atoms with van der Waals surface area (Å²) in [5.74, 6) is 2.06. The molecule has 1 atom stereocenters. The molecule has 3 aromatic rings. The van der Waals surface area contributed by atoms with Crippen molar-refractivity contribution in [2.24, 2.45) is 0 Å². The van der Waals surface area contributed by atoms with Gasteiger partial charge in [0.15, 0.2) is 11.5 Å². The van der Waals surface area contributed by atoms with Crippen molar-refractivity contribution in [1.82, 2.24) is 9.47 Å². The van der Waals surface area contributed by atoms with E-state index in [0.717, 1.165) is 37.4 Å². The highest BCUT2D eigenvalue weighted by Crippen LogP contribution is 2.42. The lowest BCUT2D eigenvalue weighted by atomic mass is 9.97. The van der Waals surface area contributed by atoms with Gasteiger partial charge in [0, 0.05) is 37.1 Å². The highest BCUT2D eigenvalue weighted by atomic mass is 16.5. The van der Waals surface area contributed by atoms with E-state index in [-0.39, 0.29) is 6.04 Å². The highest BCUT2D eigenvalue weighted by Gasteiger charge is 2.29. The van der Waals surface area contributed by atoms with Crippen LogP contribution in [0.4, 0.5) is 0 Å². The Morgan fingerprint density at radius 1 is 0.871 bits per heavy atom. The number of hydrogen-bond acceptors (Lipinski definition) is 4. The number of ether oxygens (including phenoxy) is 3. The molecular weight excluding hydrogens is 388 g/mol. The fourth-order valence-electron chi connectivity index (χ4n) is 4.63. The largest absolute Gasteiger partial charge is 0.493 e. The van der Waals surface area contributed by atoms with Crippen molar-refractivity contribution in [2.45, 2.75) is 39.4 Å². The molecule has 1 aromatic heterocycles. The molecule has 164 valence electrons. The Kier molecular flexibility index (Phi) is 6.23. The lowest BCUT2D eigenvalue weighted by molar-refractivity contribution is 0.216. The molecule has 1 aliphatic rings. The molecular formula is C26H32N2O3. The van der Waals surface area contributed by atoms with Crippen LogP contribution < -0.4 is 14.2 Å². The van der Waals surface area contributed by atoms with Gasteiger partial charge in [-0.3, -0.25) is 4.90 Å². The second kappa shape index (κ2) is 9.06. The third-order valence-electron chi connectivity index (χ3n) is 6.36. The van der Waals surface area contributed by atoms with E-state index in [4.69, 9.17) is 14.2 Å². The van der Waals surface area contributed by atoms with E-state index in [1.54, 1.807) is 21.3 Å². The molecule has 4 rings (SSSR count). The zero-order valence-corrected chi connectivity index (χ0v) is 19.1. The van der Waals surface area contributed by atoms with Crippen molar-refractivity contribution in [3.05, 3.63) is 76.6 Å². The summed E-state index contributed by atoms with van der Waals surface area (Å²) >= 11 is 0. The Morgan fingerprint density at radius 2 is 1.68 bits per heavy atom. The van der Waals surface area contributed by atoms with Gasteiger partial charge in [0.25, 0.3) is 0 Å². The molecule has 0 unspecified atom stereocenters. The molecule has 5 heteroatoms. The number of fused-ring (bicyclic) bond motifs is 1. The van der Waals surface area contributed by atoms with Gasteiger partial charge in [-0.15, -0.1) is 0 Å². The number of hydrogen-bond donors (Lipinski definition) is 0. The summed E-state index contributed by atoms with van der Waals surface area (Å²) in [4.78, 5) is 2.55. The molecule has 0 radical (unpaired) electrons. The van der Waals surface area contributed by atoms with Gasteiger partial charge in [-0.2, -0.15) is 0 Å². The van der Waals surface area contributed by atoms with Crippen molar-refractivity contribution in [3.8, 4) is 17.2 Å². The topological polar surface area (TPSA) is 35.9 Å². The fraction of sp³-hybridized carbons (Fsp3) is 0.385. The average Bonchev–Trinajstić information content (AvgIpc) is 3.16.